The van der Waals surface area contributed by atoms with Gasteiger partial charge < -0.3 is 10.1 Å². The van der Waals surface area contributed by atoms with Crippen LogP contribution in [-0.2, 0) is 11.2 Å². The molecule has 1 N–H and O–H groups in total. The predicted molar refractivity (Wildman–Crippen MR) is 64.6 cm³/mol. The van der Waals surface area contributed by atoms with Gasteiger partial charge in [-0.1, -0.05) is 11.4 Å². The summed E-state index contributed by atoms with van der Waals surface area (Å²) in [7, 11) is 2.03. The monoisotopic (exact) mass is 241 g/mol. The minimum atomic E-state index is 0.402. The number of rotatable bonds is 4. The molecule has 5 heteroatoms. The molecule has 1 aliphatic heterocycles. The Hall–Kier alpha value is -0.520. The lowest BCUT2D eigenvalue weighted by Crippen LogP contribution is -2.30. The Morgan fingerprint density at radius 1 is 1.50 bits per heavy atom. The molecule has 2 heterocycles. The molecule has 16 heavy (non-hydrogen) atoms. The van der Waals surface area contributed by atoms with Gasteiger partial charge in [0.2, 0.25) is 0 Å². The molecular formula is C11H19N3OS. The average molecular weight is 241 g/mol. The summed E-state index contributed by atoms with van der Waals surface area (Å²) in [5.41, 5.74) is 1.15. The number of nitrogens with zero attached hydrogens (tertiary/aromatic N) is 2. The summed E-state index contributed by atoms with van der Waals surface area (Å²) < 4.78 is 9.49. The van der Waals surface area contributed by atoms with Crippen molar-refractivity contribution in [3.05, 3.63) is 10.6 Å². The summed E-state index contributed by atoms with van der Waals surface area (Å²) in [5, 5.41) is 7.62. The van der Waals surface area contributed by atoms with Crippen LogP contribution in [0.25, 0.3) is 0 Å². The van der Waals surface area contributed by atoms with Crippen LogP contribution in [0.15, 0.2) is 0 Å². The molecule has 0 amide bonds. The summed E-state index contributed by atoms with van der Waals surface area (Å²) in [4.78, 5) is 1.32. The van der Waals surface area contributed by atoms with Gasteiger partial charge in [0, 0.05) is 19.3 Å². The van der Waals surface area contributed by atoms with Crippen molar-refractivity contribution in [1.82, 2.24) is 14.9 Å². The molecule has 1 atom stereocenters. The Morgan fingerprint density at radius 2 is 2.25 bits per heavy atom. The maximum atomic E-state index is 5.41. The fraction of sp³-hybridized carbons (Fsp3) is 0.818. The van der Waals surface area contributed by atoms with Crippen molar-refractivity contribution < 1.29 is 4.74 Å². The van der Waals surface area contributed by atoms with E-state index in [0.29, 0.717) is 12.0 Å². The first-order chi connectivity index (χ1) is 7.86. The van der Waals surface area contributed by atoms with Gasteiger partial charge in [-0.15, -0.1) is 5.10 Å². The van der Waals surface area contributed by atoms with Crippen LogP contribution in [0.4, 0.5) is 0 Å². The molecule has 1 unspecified atom stereocenters. The van der Waals surface area contributed by atoms with Crippen LogP contribution in [0, 0.1) is 5.92 Å². The molecule has 0 aromatic carbocycles. The van der Waals surface area contributed by atoms with Crippen molar-refractivity contribution in [3.8, 4) is 0 Å². The van der Waals surface area contributed by atoms with E-state index in [2.05, 4.69) is 21.8 Å². The van der Waals surface area contributed by atoms with Crippen LogP contribution in [0.3, 0.4) is 0 Å². The Balaban J connectivity index is 2.14. The second kappa shape index (κ2) is 5.70. The van der Waals surface area contributed by atoms with E-state index in [-0.39, 0.29) is 0 Å². The van der Waals surface area contributed by atoms with Gasteiger partial charge in [0.25, 0.3) is 0 Å². The number of ether oxygens (including phenoxy) is 1. The van der Waals surface area contributed by atoms with Crippen molar-refractivity contribution >= 4 is 11.5 Å². The lowest BCUT2D eigenvalue weighted by molar-refractivity contribution is 0.0549. The van der Waals surface area contributed by atoms with E-state index in [4.69, 9.17) is 4.74 Å². The van der Waals surface area contributed by atoms with Gasteiger partial charge in [0.1, 0.15) is 0 Å². The zero-order chi connectivity index (χ0) is 11.4. The standard InChI is InChI=1S/C11H19N3OS/c1-3-9-11(16-14-13-9)10(12-2)8-4-6-15-7-5-8/h8,10,12H,3-7H2,1-2H3. The zero-order valence-corrected chi connectivity index (χ0v) is 10.7. The van der Waals surface area contributed by atoms with Crippen molar-refractivity contribution in [3.63, 3.8) is 0 Å². The molecule has 4 nitrogen and oxygen atoms in total. The molecule has 90 valence electrons. The second-order valence-electron chi connectivity index (χ2n) is 4.15. The van der Waals surface area contributed by atoms with E-state index in [1.54, 1.807) is 0 Å². The largest absolute Gasteiger partial charge is 0.381 e. The maximum absolute atomic E-state index is 5.41. The van der Waals surface area contributed by atoms with Crippen LogP contribution in [-0.4, -0.2) is 29.8 Å². The van der Waals surface area contributed by atoms with Gasteiger partial charge in [-0.2, -0.15) is 0 Å². The summed E-state index contributed by atoms with van der Waals surface area (Å²) in [6.45, 7) is 3.91. The van der Waals surface area contributed by atoms with E-state index < -0.39 is 0 Å². The SMILES string of the molecule is CCc1nnsc1C(NC)C1CCOCC1. The summed E-state index contributed by atoms with van der Waals surface area (Å²) in [6.07, 6.45) is 3.23. The molecule has 0 radical (unpaired) electrons. The van der Waals surface area contributed by atoms with Crippen LogP contribution in [0.1, 0.15) is 36.4 Å². The lowest BCUT2D eigenvalue weighted by Gasteiger charge is -2.29. The highest BCUT2D eigenvalue weighted by Gasteiger charge is 2.27. The quantitative estimate of drug-likeness (QED) is 0.873. The molecule has 1 saturated heterocycles. The van der Waals surface area contributed by atoms with Crippen molar-refractivity contribution in [1.29, 1.82) is 0 Å². The fourth-order valence-electron chi connectivity index (χ4n) is 2.33. The van der Waals surface area contributed by atoms with Gasteiger partial charge in [-0.05, 0) is 43.8 Å². The van der Waals surface area contributed by atoms with Crippen molar-refractivity contribution in [2.24, 2.45) is 5.92 Å². The highest BCUT2D eigenvalue weighted by molar-refractivity contribution is 7.05. The molecule has 1 aromatic heterocycles. The highest BCUT2D eigenvalue weighted by atomic mass is 32.1. The third kappa shape index (κ3) is 2.42. The smallest absolute Gasteiger partial charge is 0.0801 e. The Morgan fingerprint density at radius 3 is 2.88 bits per heavy atom. The van der Waals surface area contributed by atoms with E-state index in [1.165, 1.54) is 16.4 Å². The molecule has 1 aromatic rings. The van der Waals surface area contributed by atoms with Gasteiger partial charge in [-0.25, -0.2) is 0 Å². The molecule has 0 spiro atoms. The number of aryl methyl sites for hydroxylation is 1. The molecule has 0 saturated carbocycles. The minimum Gasteiger partial charge on any atom is -0.381 e. The van der Waals surface area contributed by atoms with E-state index >= 15 is 0 Å². The summed E-state index contributed by atoms with van der Waals surface area (Å²) >= 11 is 1.54. The van der Waals surface area contributed by atoms with Crippen molar-refractivity contribution in [2.45, 2.75) is 32.2 Å². The van der Waals surface area contributed by atoms with E-state index in [1.807, 2.05) is 7.05 Å². The molecule has 0 bridgehead atoms. The number of hydrogen-bond acceptors (Lipinski definition) is 5. The number of nitrogens with one attached hydrogen (secondary N) is 1. The normalized spacial score (nSPS) is 19.9. The fourth-order valence-corrected chi connectivity index (χ4v) is 3.27. The predicted octanol–water partition coefficient (Wildman–Crippen LogP) is 1.79. The Kier molecular flexibility index (Phi) is 4.26. The van der Waals surface area contributed by atoms with Gasteiger partial charge >= 0.3 is 0 Å². The average Bonchev–Trinajstić information content (AvgIpc) is 2.80. The summed E-state index contributed by atoms with van der Waals surface area (Å²) in [6, 6.07) is 0.402. The maximum Gasteiger partial charge on any atom is 0.0801 e. The first-order valence-electron chi connectivity index (χ1n) is 5.93. The van der Waals surface area contributed by atoms with Gasteiger partial charge in [0.05, 0.1) is 10.6 Å². The molecule has 1 fully saturated rings. The third-order valence-corrected chi connectivity index (χ3v) is 4.10. The Bertz CT molecular complexity index is 323. The van der Waals surface area contributed by atoms with E-state index in [0.717, 1.165) is 38.2 Å². The molecule has 0 aliphatic carbocycles. The van der Waals surface area contributed by atoms with Crippen LogP contribution in [0.5, 0.6) is 0 Å². The van der Waals surface area contributed by atoms with Crippen molar-refractivity contribution in [2.75, 3.05) is 20.3 Å². The van der Waals surface area contributed by atoms with Crippen LogP contribution in [0.2, 0.25) is 0 Å². The lowest BCUT2D eigenvalue weighted by atomic mass is 9.90. The topological polar surface area (TPSA) is 47.0 Å². The second-order valence-corrected chi connectivity index (χ2v) is 4.94. The number of aromatic nitrogens is 2. The molecule has 1 aliphatic rings. The van der Waals surface area contributed by atoms with Crippen LogP contribution < -0.4 is 5.32 Å². The van der Waals surface area contributed by atoms with Gasteiger partial charge in [0.15, 0.2) is 0 Å². The van der Waals surface area contributed by atoms with E-state index in [9.17, 15) is 0 Å². The summed E-state index contributed by atoms with van der Waals surface area (Å²) in [5.74, 6) is 0.659. The Labute approximate surface area is 101 Å². The van der Waals surface area contributed by atoms with Gasteiger partial charge in [-0.3, -0.25) is 0 Å². The zero-order valence-electron chi connectivity index (χ0n) is 9.90. The molecule has 2 rings (SSSR count). The minimum absolute atomic E-state index is 0.402. The van der Waals surface area contributed by atoms with Crippen LogP contribution >= 0.6 is 11.5 Å². The highest BCUT2D eigenvalue weighted by Crippen LogP contribution is 2.32. The third-order valence-electron chi connectivity index (χ3n) is 3.25. The molecular weight excluding hydrogens is 222 g/mol. The first-order valence-corrected chi connectivity index (χ1v) is 6.70. The first kappa shape index (κ1) is 12.0. The number of hydrogen-bond donors (Lipinski definition) is 1.